The molecule has 2 aromatic rings. The van der Waals surface area contributed by atoms with E-state index in [-0.39, 0.29) is 30.6 Å². The van der Waals surface area contributed by atoms with Gasteiger partial charge in [-0.3, -0.25) is 9.59 Å². The maximum absolute atomic E-state index is 13.0. The van der Waals surface area contributed by atoms with Crippen LogP contribution in [0.15, 0.2) is 36.4 Å². The highest BCUT2D eigenvalue weighted by molar-refractivity contribution is 5.98. The van der Waals surface area contributed by atoms with Gasteiger partial charge in [-0.1, -0.05) is 18.2 Å². The molecule has 1 atom stereocenters. The molecular formula is C25H27NO4. The quantitative estimate of drug-likeness (QED) is 0.697. The summed E-state index contributed by atoms with van der Waals surface area (Å²) in [6.45, 7) is 1.86. The molecule has 5 heteroatoms. The summed E-state index contributed by atoms with van der Waals surface area (Å²) in [5.41, 5.74) is 4.48. The summed E-state index contributed by atoms with van der Waals surface area (Å²) in [6.07, 6.45) is 5.77. The van der Waals surface area contributed by atoms with Crippen LogP contribution in [0.25, 0.3) is 0 Å². The van der Waals surface area contributed by atoms with Gasteiger partial charge >= 0.3 is 0 Å². The lowest BCUT2D eigenvalue weighted by Gasteiger charge is -2.26. The van der Waals surface area contributed by atoms with Gasteiger partial charge in [-0.25, -0.2) is 0 Å². The molecule has 3 aliphatic rings. The van der Waals surface area contributed by atoms with Crippen LogP contribution in [0.4, 0.5) is 0 Å². The first-order valence-corrected chi connectivity index (χ1v) is 11.0. The first-order chi connectivity index (χ1) is 14.7. The van der Waals surface area contributed by atoms with E-state index in [1.807, 2.05) is 35.2 Å². The summed E-state index contributed by atoms with van der Waals surface area (Å²) in [5, 5.41) is 0. The second-order valence-corrected chi connectivity index (χ2v) is 8.41. The van der Waals surface area contributed by atoms with Crippen molar-refractivity contribution in [2.75, 3.05) is 19.8 Å². The zero-order valence-electron chi connectivity index (χ0n) is 17.2. The van der Waals surface area contributed by atoms with Crippen LogP contribution < -0.4 is 9.47 Å². The number of carbonyl (C=O) groups is 2. The number of nitrogens with zero attached hydrogens (tertiary/aromatic N) is 1. The van der Waals surface area contributed by atoms with Crippen molar-refractivity contribution in [2.45, 2.75) is 51.0 Å². The fraction of sp³-hybridized carbons (Fsp3) is 0.440. The number of hydrogen-bond donors (Lipinski definition) is 0. The van der Waals surface area contributed by atoms with E-state index < -0.39 is 0 Å². The predicted octanol–water partition coefficient (Wildman–Crippen LogP) is 4.27. The fourth-order valence-corrected chi connectivity index (χ4v) is 4.93. The number of aryl methyl sites for hydroxylation is 2. The van der Waals surface area contributed by atoms with Gasteiger partial charge in [-0.2, -0.15) is 0 Å². The predicted molar refractivity (Wildman–Crippen MR) is 113 cm³/mol. The summed E-state index contributed by atoms with van der Waals surface area (Å²) < 4.78 is 11.3. The molecule has 0 unspecified atom stereocenters. The summed E-state index contributed by atoms with van der Waals surface area (Å²) in [4.78, 5) is 27.6. The zero-order valence-corrected chi connectivity index (χ0v) is 17.2. The lowest BCUT2D eigenvalue weighted by Crippen LogP contribution is -2.31. The van der Waals surface area contributed by atoms with E-state index >= 15 is 0 Å². The molecule has 5 rings (SSSR count). The first kappa shape index (κ1) is 19.2. The van der Waals surface area contributed by atoms with Crippen molar-refractivity contribution in [3.63, 3.8) is 0 Å². The first-order valence-electron chi connectivity index (χ1n) is 11.0. The van der Waals surface area contributed by atoms with Gasteiger partial charge in [0.25, 0.3) is 0 Å². The van der Waals surface area contributed by atoms with Gasteiger partial charge in [0.2, 0.25) is 5.91 Å². The Morgan fingerprint density at radius 2 is 1.73 bits per heavy atom. The largest absolute Gasteiger partial charge is 0.486 e. The molecule has 2 aromatic carbocycles. The van der Waals surface area contributed by atoms with Gasteiger partial charge in [0, 0.05) is 24.9 Å². The van der Waals surface area contributed by atoms with Crippen LogP contribution in [-0.4, -0.2) is 36.3 Å². The Bertz CT molecular complexity index is 983. The van der Waals surface area contributed by atoms with Crippen LogP contribution in [0.2, 0.25) is 0 Å². The Balaban J connectivity index is 1.24. The Morgan fingerprint density at radius 1 is 0.900 bits per heavy atom. The number of fused-ring (bicyclic) bond motifs is 2. The zero-order chi connectivity index (χ0) is 20.5. The van der Waals surface area contributed by atoms with Crippen molar-refractivity contribution < 1.29 is 19.1 Å². The number of benzene rings is 2. The molecular weight excluding hydrogens is 378 g/mol. The van der Waals surface area contributed by atoms with E-state index in [0.29, 0.717) is 13.2 Å². The van der Waals surface area contributed by atoms with Crippen molar-refractivity contribution in [1.82, 2.24) is 4.90 Å². The van der Waals surface area contributed by atoms with E-state index in [0.717, 1.165) is 54.9 Å². The molecule has 1 saturated heterocycles. The van der Waals surface area contributed by atoms with Gasteiger partial charge < -0.3 is 14.4 Å². The summed E-state index contributed by atoms with van der Waals surface area (Å²) in [5.74, 6) is 1.64. The van der Waals surface area contributed by atoms with E-state index in [1.54, 1.807) is 0 Å². The second kappa shape index (κ2) is 8.13. The Kier molecular flexibility index (Phi) is 5.19. The van der Waals surface area contributed by atoms with Crippen LogP contribution in [-0.2, 0) is 17.6 Å². The number of hydrogen-bond acceptors (Lipinski definition) is 4. The Morgan fingerprint density at radius 3 is 2.63 bits per heavy atom. The molecule has 0 aromatic heterocycles. The van der Waals surface area contributed by atoms with Crippen LogP contribution in [0.3, 0.4) is 0 Å². The Hall–Kier alpha value is -2.82. The molecule has 0 bridgehead atoms. The number of ketones is 1. The summed E-state index contributed by atoms with van der Waals surface area (Å²) in [6, 6.07) is 12.0. The number of Topliss-reactive ketones (excluding diaryl/α,β-unsaturated/α-hetero) is 1. The van der Waals surface area contributed by atoms with Crippen molar-refractivity contribution in [1.29, 1.82) is 0 Å². The fourth-order valence-electron chi connectivity index (χ4n) is 4.93. The van der Waals surface area contributed by atoms with E-state index in [9.17, 15) is 9.59 Å². The van der Waals surface area contributed by atoms with Crippen LogP contribution in [0, 0.1) is 0 Å². The lowest BCUT2D eigenvalue weighted by atomic mass is 10.0. The van der Waals surface area contributed by atoms with Crippen molar-refractivity contribution in [2.24, 2.45) is 0 Å². The van der Waals surface area contributed by atoms with Gasteiger partial charge in [0.1, 0.15) is 13.2 Å². The normalized spacial score (nSPS) is 19.6. The summed E-state index contributed by atoms with van der Waals surface area (Å²) >= 11 is 0. The molecule has 0 saturated carbocycles. The third-order valence-electron chi connectivity index (χ3n) is 6.51. The van der Waals surface area contributed by atoms with Crippen molar-refractivity contribution >= 4 is 11.7 Å². The highest BCUT2D eigenvalue weighted by atomic mass is 16.6. The molecule has 0 radical (unpaired) electrons. The highest BCUT2D eigenvalue weighted by Crippen LogP contribution is 2.38. The summed E-state index contributed by atoms with van der Waals surface area (Å²) in [7, 11) is 0. The van der Waals surface area contributed by atoms with Gasteiger partial charge in [0.05, 0.1) is 6.04 Å². The number of rotatable bonds is 5. The molecule has 5 nitrogen and oxygen atoms in total. The minimum Gasteiger partial charge on any atom is -0.486 e. The van der Waals surface area contributed by atoms with Crippen LogP contribution in [0.1, 0.15) is 65.2 Å². The standard InChI is InChI=1S/C25H27NO4/c27-22(20-7-6-17-3-1-4-18(17)15-20)9-11-25(28)26-12-2-5-21(26)19-8-10-23-24(16-19)30-14-13-29-23/h6-8,10,15-16,21H,1-5,9,11-14H2/t21-/m0/s1. The molecule has 0 N–H and O–H groups in total. The minimum absolute atomic E-state index is 0.0448. The van der Waals surface area contributed by atoms with Crippen molar-refractivity contribution in [3.05, 3.63) is 58.7 Å². The topological polar surface area (TPSA) is 55.8 Å². The molecule has 30 heavy (non-hydrogen) atoms. The molecule has 156 valence electrons. The molecule has 2 heterocycles. The number of amides is 1. The van der Waals surface area contributed by atoms with Crippen molar-refractivity contribution in [3.8, 4) is 11.5 Å². The van der Waals surface area contributed by atoms with E-state index in [4.69, 9.17) is 9.47 Å². The van der Waals surface area contributed by atoms with Crippen LogP contribution in [0.5, 0.6) is 11.5 Å². The molecule has 1 aliphatic carbocycles. The molecule has 2 aliphatic heterocycles. The van der Waals surface area contributed by atoms with E-state index in [2.05, 4.69) is 6.07 Å². The smallest absolute Gasteiger partial charge is 0.223 e. The molecule has 1 fully saturated rings. The highest BCUT2D eigenvalue weighted by Gasteiger charge is 2.31. The monoisotopic (exact) mass is 405 g/mol. The maximum atomic E-state index is 13.0. The average Bonchev–Trinajstić information content (AvgIpc) is 3.46. The van der Waals surface area contributed by atoms with Gasteiger partial charge in [0.15, 0.2) is 17.3 Å². The molecule has 0 spiro atoms. The second-order valence-electron chi connectivity index (χ2n) is 8.41. The average molecular weight is 405 g/mol. The maximum Gasteiger partial charge on any atom is 0.223 e. The lowest BCUT2D eigenvalue weighted by molar-refractivity contribution is -0.132. The SMILES string of the molecule is O=C(CCC(=O)N1CCC[C@H]1c1ccc2c(c1)OCCO2)c1ccc2c(c1)CCC2. The number of ether oxygens (including phenoxy) is 2. The number of likely N-dealkylation sites (tertiary alicyclic amines) is 1. The van der Waals surface area contributed by atoms with Gasteiger partial charge in [-0.15, -0.1) is 0 Å². The number of carbonyl (C=O) groups excluding carboxylic acids is 2. The third kappa shape index (κ3) is 3.69. The Labute approximate surface area is 177 Å². The van der Waals surface area contributed by atoms with Crippen LogP contribution >= 0.6 is 0 Å². The van der Waals surface area contributed by atoms with E-state index in [1.165, 1.54) is 17.5 Å². The minimum atomic E-state index is 0.0448. The van der Waals surface area contributed by atoms with Gasteiger partial charge in [-0.05, 0) is 67.0 Å². The third-order valence-corrected chi connectivity index (χ3v) is 6.51. The molecule has 1 amide bonds.